The van der Waals surface area contributed by atoms with E-state index >= 15 is 0 Å². The number of hydrogen-bond donors (Lipinski definition) is 4. The molecule has 152 valence electrons. The highest BCUT2D eigenvalue weighted by Crippen LogP contribution is 2.24. The Kier molecular flexibility index (Phi) is 7.49. The molecule has 28 heavy (non-hydrogen) atoms. The van der Waals surface area contributed by atoms with Crippen molar-refractivity contribution >= 4 is 44.0 Å². The maximum absolute atomic E-state index is 12.5. The second kappa shape index (κ2) is 9.62. The first-order chi connectivity index (χ1) is 13.1. The smallest absolute Gasteiger partial charge is 0.263 e. The Hall–Kier alpha value is -2.50. The van der Waals surface area contributed by atoms with Crippen molar-refractivity contribution in [2.45, 2.75) is 19.8 Å². The first kappa shape index (κ1) is 21.8. The lowest BCUT2D eigenvalue weighted by Crippen LogP contribution is -2.34. The minimum absolute atomic E-state index is 0.0860. The van der Waals surface area contributed by atoms with Crippen molar-refractivity contribution < 1.29 is 18.0 Å². The predicted octanol–water partition coefficient (Wildman–Crippen LogP) is 0.748. The highest BCUT2D eigenvalue weighted by molar-refractivity contribution is 7.88. The van der Waals surface area contributed by atoms with Crippen LogP contribution in [0.5, 0.6) is 0 Å². The number of anilines is 2. The number of nitrogens with two attached hydrogens (primary N) is 1. The van der Waals surface area contributed by atoms with Crippen molar-refractivity contribution in [1.29, 1.82) is 0 Å². The summed E-state index contributed by atoms with van der Waals surface area (Å²) in [6.45, 7) is 1.59. The van der Waals surface area contributed by atoms with Gasteiger partial charge in [0.15, 0.2) is 5.13 Å². The number of thiazole rings is 1. The number of sulfonamides is 1. The van der Waals surface area contributed by atoms with Crippen LogP contribution in [0.15, 0.2) is 24.3 Å². The monoisotopic (exact) mass is 425 g/mol. The number of nitrogen functional groups attached to an aromatic ring is 1. The van der Waals surface area contributed by atoms with E-state index in [4.69, 9.17) is 5.73 Å². The Morgan fingerprint density at radius 2 is 1.82 bits per heavy atom. The van der Waals surface area contributed by atoms with Crippen LogP contribution in [0.25, 0.3) is 0 Å². The standard InChI is InChI=1S/C17H23N5O4S2/c1-11(23)21-17-22-14(8-5-12-3-6-13(18)7-4-12)15(27-17)16(24)19-9-10-20-28(2,25)26/h3-4,6-7,20H,5,8-10,18H2,1-2H3,(H,19,24)(H,21,22,23). The minimum atomic E-state index is -3.31. The molecule has 0 radical (unpaired) electrons. The largest absolute Gasteiger partial charge is 0.399 e. The maximum Gasteiger partial charge on any atom is 0.263 e. The lowest BCUT2D eigenvalue weighted by atomic mass is 10.1. The van der Waals surface area contributed by atoms with Gasteiger partial charge in [0.05, 0.1) is 11.9 Å². The van der Waals surface area contributed by atoms with Gasteiger partial charge in [0.25, 0.3) is 5.91 Å². The molecule has 0 aliphatic carbocycles. The summed E-state index contributed by atoms with van der Waals surface area (Å²) in [5.74, 6) is -0.639. The van der Waals surface area contributed by atoms with Crippen LogP contribution in [0.3, 0.4) is 0 Å². The number of carbonyl (C=O) groups is 2. The van der Waals surface area contributed by atoms with Gasteiger partial charge in [0.1, 0.15) is 4.88 Å². The van der Waals surface area contributed by atoms with Crippen LogP contribution in [0.4, 0.5) is 10.8 Å². The van der Waals surface area contributed by atoms with E-state index in [-0.39, 0.29) is 24.9 Å². The quantitative estimate of drug-likeness (QED) is 0.345. The minimum Gasteiger partial charge on any atom is -0.399 e. The van der Waals surface area contributed by atoms with Crippen LogP contribution in [-0.4, -0.2) is 44.6 Å². The van der Waals surface area contributed by atoms with Gasteiger partial charge in [-0.15, -0.1) is 0 Å². The summed E-state index contributed by atoms with van der Waals surface area (Å²) < 4.78 is 24.4. The number of aryl methyl sites for hydroxylation is 2. The zero-order valence-electron chi connectivity index (χ0n) is 15.6. The molecule has 2 amide bonds. The molecule has 0 aliphatic heterocycles. The highest BCUT2D eigenvalue weighted by Gasteiger charge is 2.18. The van der Waals surface area contributed by atoms with E-state index in [2.05, 4.69) is 20.3 Å². The normalized spacial score (nSPS) is 11.2. The second-order valence-electron chi connectivity index (χ2n) is 6.14. The molecule has 0 saturated heterocycles. The van der Waals surface area contributed by atoms with Gasteiger partial charge in [0.2, 0.25) is 15.9 Å². The topological polar surface area (TPSA) is 143 Å². The SMILES string of the molecule is CC(=O)Nc1nc(CCc2ccc(N)cc2)c(C(=O)NCCNS(C)(=O)=O)s1. The highest BCUT2D eigenvalue weighted by atomic mass is 32.2. The summed E-state index contributed by atoms with van der Waals surface area (Å²) >= 11 is 1.08. The fourth-order valence-corrected chi connectivity index (χ4v) is 3.79. The van der Waals surface area contributed by atoms with Crippen molar-refractivity contribution in [2.24, 2.45) is 0 Å². The Morgan fingerprint density at radius 1 is 1.14 bits per heavy atom. The van der Waals surface area contributed by atoms with Crippen LogP contribution >= 0.6 is 11.3 Å². The molecular formula is C17H23N5O4S2. The Morgan fingerprint density at radius 3 is 2.43 bits per heavy atom. The number of amides is 2. The third-order valence-corrected chi connectivity index (χ3v) is 5.33. The Bertz CT molecular complexity index is 939. The van der Waals surface area contributed by atoms with Gasteiger partial charge < -0.3 is 16.4 Å². The van der Waals surface area contributed by atoms with E-state index in [1.807, 2.05) is 24.3 Å². The van der Waals surface area contributed by atoms with Gasteiger partial charge in [0, 0.05) is 25.7 Å². The zero-order chi connectivity index (χ0) is 20.7. The van der Waals surface area contributed by atoms with Crippen LogP contribution in [0.1, 0.15) is 27.9 Å². The first-order valence-corrected chi connectivity index (χ1v) is 11.2. The molecular weight excluding hydrogens is 402 g/mol. The van der Waals surface area contributed by atoms with E-state index in [9.17, 15) is 18.0 Å². The molecule has 0 spiro atoms. The molecule has 1 aromatic carbocycles. The van der Waals surface area contributed by atoms with Crippen LogP contribution in [0.2, 0.25) is 0 Å². The lowest BCUT2D eigenvalue weighted by molar-refractivity contribution is -0.114. The number of rotatable bonds is 9. The van der Waals surface area contributed by atoms with Crippen molar-refractivity contribution in [3.05, 3.63) is 40.4 Å². The lowest BCUT2D eigenvalue weighted by Gasteiger charge is -2.06. The number of carbonyl (C=O) groups excluding carboxylic acids is 2. The Balaban J connectivity index is 2.07. The zero-order valence-corrected chi connectivity index (χ0v) is 17.2. The number of aromatic nitrogens is 1. The molecule has 1 aromatic heterocycles. The van der Waals surface area contributed by atoms with E-state index < -0.39 is 10.0 Å². The summed E-state index contributed by atoms with van der Waals surface area (Å²) in [5.41, 5.74) is 7.98. The summed E-state index contributed by atoms with van der Waals surface area (Å²) in [5, 5.41) is 5.60. The molecule has 0 aliphatic rings. The molecule has 1 heterocycles. The summed E-state index contributed by atoms with van der Waals surface area (Å²) in [7, 11) is -3.31. The molecule has 0 atom stereocenters. The van der Waals surface area contributed by atoms with E-state index in [0.717, 1.165) is 23.2 Å². The van der Waals surface area contributed by atoms with E-state index in [1.165, 1.54) is 6.92 Å². The summed E-state index contributed by atoms with van der Waals surface area (Å²) in [6.07, 6.45) is 2.21. The maximum atomic E-state index is 12.5. The molecule has 2 rings (SSSR count). The van der Waals surface area contributed by atoms with Gasteiger partial charge in [-0.05, 0) is 30.5 Å². The average molecular weight is 426 g/mol. The molecule has 11 heteroatoms. The molecule has 0 fully saturated rings. The molecule has 9 nitrogen and oxygen atoms in total. The van der Waals surface area contributed by atoms with Crippen molar-refractivity contribution in [3.63, 3.8) is 0 Å². The van der Waals surface area contributed by atoms with Crippen LogP contribution in [-0.2, 0) is 27.7 Å². The van der Waals surface area contributed by atoms with Crippen molar-refractivity contribution in [2.75, 3.05) is 30.4 Å². The fourth-order valence-electron chi connectivity index (χ4n) is 2.34. The third kappa shape index (κ3) is 7.25. The van der Waals surface area contributed by atoms with Gasteiger partial charge in [-0.2, -0.15) is 0 Å². The Labute approximate surface area is 167 Å². The van der Waals surface area contributed by atoms with Gasteiger partial charge >= 0.3 is 0 Å². The number of benzene rings is 1. The van der Waals surface area contributed by atoms with Crippen molar-refractivity contribution in [3.8, 4) is 0 Å². The van der Waals surface area contributed by atoms with Gasteiger partial charge in [-0.25, -0.2) is 18.1 Å². The summed E-state index contributed by atoms with van der Waals surface area (Å²) in [6, 6.07) is 7.43. The molecule has 0 saturated carbocycles. The first-order valence-electron chi connectivity index (χ1n) is 8.48. The molecule has 5 N–H and O–H groups in total. The number of nitrogens with zero attached hydrogens (tertiary/aromatic N) is 1. The third-order valence-electron chi connectivity index (χ3n) is 3.59. The van der Waals surface area contributed by atoms with E-state index in [1.54, 1.807) is 0 Å². The van der Waals surface area contributed by atoms with Gasteiger partial charge in [-0.1, -0.05) is 23.5 Å². The molecule has 0 unspecified atom stereocenters. The second-order valence-corrected chi connectivity index (χ2v) is 8.97. The van der Waals surface area contributed by atoms with Crippen LogP contribution < -0.4 is 21.1 Å². The van der Waals surface area contributed by atoms with Crippen molar-refractivity contribution in [1.82, 2.24) is 15.0 Å². The molecule has 0 bridgehead atoms. The van der Waals surface area contributed by atoms with E-state index in [0.29, 0.717) is 34.2 Å². The van der Waals surface area contributed by atoms with Gasteiger partial charge in [-0.3, -0.25) is 9.59 Å². The van der Waals surface area contributed by atoms with Crippen LogP contribution in [0, 0.1) is 0 Å². The average Bonchev–Trinajstić information content (AvgIpc) is 2.99. The fraction of sp³-hybridized carbons (Fsp3) is 0.353. The number of nitrogens with one attached hydrogen (secondary N) is 3. The number of hydrogen-bond acceptors (Lipinski definition) is 7. The predicted molar refractivity (Wildman–Crippen MR) is 110 cm³/mol. The molecule has 2 aromatic rings. The summed E-state index contributed by atoms with van der Waals surface area (Å²) in [4.78, 5) is 28.5.